The lowest BCUT2D eigenvalue weighted by Crippen LogP contribution is -2.21. The fourth-order valence-electron chi connectivity index (χ4n) is 2.43. The molecular formula is C17H22ClFN2. The van der Waals surface area contributed by atoms with Crippen LogP contribution in [-0.4, -0.2) is 11.1 Å². The second-order valence-corrected chi connectivity index (χ2v) is 5.68. The number of aromatic nitrogens is 1. The predicted molar refractivity (Wildman–Crippen MR) is 86.3 cm³/mol. The highest BCUT2D eigenvalue weighted by molar-refractivity contribution is 6.31. The van der Waals surface area contributed by atoms with Gasteiger partial charge in [0.1, 0.15) is 5.82 Å². The summed E-state index contributed by atoms with van der Waals surface area (Å²) < 4.78 is 15.1. The van der Waals surface area contributed by atoms with Crippen molar-refractivity contribution in [1.29, 1.82) is 0 Å². The van der Waals surface area contributed by atoms with Crippen molar-refractivity contribution in [2.75, 3.05) is 6.54 Å². The van der Waals surface area contributed by atoms with Gasteiger partial charge in [-0.15, -0.1) is 0 Å². The third kappa shape index (κ3) is 4.32. The molecule has 4 heteroatoms. The average Bonchev–Trinajstić information content (AvgIpc) is 2.91. The van der Waals surface area contributed by atoms with Gasteiger partial charge in [0.15, 0.2) is 0 Å². The van der Waals surface area contributed by atoms with E-state index in [1.807, 2.05) is 6.20 Å². The fourth-order valence-corrected chi connectivity index (χ4v) is 2.65. The Morgan fingerprint density at radius 3 is 2.76 bits per heavy atom. The number of hydrogen-bond acceptors (Lipinski definition) is 1. The van der Waals surface area contributed by atoms with Gasteiger partial charge in [-0.3, -0.25) is 0 Å². The van der Waals surface area contributed by atoms with E-state index in [2.05, 4.69) is 36.0 Å². The Kier molecular flexibility index (Phi) is 5.83. The van der Waals surface area contributed by atoms with Crippen LogP contribution >= 0.6 is 11.6 Å². The van der Waals surface area contributed by atoms with Crippen molar-refractivity contribution in [3.8, 4) is 0 Å². The first-order valence-corrected chi connectivity index (χ1v) is 7.84. The van der Waals surface area contributed by atoms with Crippen molar-refractivity contribution in [2.45, 2.75) is 39.3 Å². The molecule has 1 aromatic carbocycles. The van der Waals surface area contributed by atoms with Gasteiger partial charge in [0.25, 0.3) is 0 Å². The van der Waals surface area contributed by atoms with Crippen LogP contribution in [0.15, 0.2) is 36.7 Å². The van der Waals surface area contributed by atoms with Crippen molar-refractivity contribution >= 4 is 11.6 Å². The minimum absolute atomic E-state index is 0.299. The molecule has 21 heavy (non-hydrogen) atoms. The highest BCUT2D eigenvalue weighted by Crippen LogP contribution is 2.21. The standard InChI is InChI=1S/C17H22ClFN2/c1-3-8-20-17(4-2)14-7-9-21(12-14)11-13-5-6-15(19)10-16(13)18/h5-7,9-10,12,17,20H,3-4,8,11H2,1-2H3. The normalized spacial score (nSPS) is 12.6. The van der Waals surface area contributed by atoms with Crippen LogP contribution in [0.5, 0.6) is 0 Å². The van der Waals surface area contributed by atoms with Gasteiger partial charge in [-0.25, -0.2) is 4.39 Å². The van der Waals surface area contributed by atoms with E-state index in [9.17, 15) is 4.39 Å². The monoisotopic (exact) mass is 308 g/mol. The molecule has 0 spiro atoms. The van der Waals surface area contributed by atoms with Crippen LogP contribution in [-0.2, 0) is 6.54 Å². The molecular weight excluding hydrogens is 287 g/mol. The first-order chi connectivity index (χ1) is 10.1. The molecule has 0 aliphatic carbocycles. The van der Waals surface area contributed by atoms with Crippen molar-refractivity contribution in [3.05, 3.63) is 58.6 Å². The van der Waals surface area contributed by atoms with Crippen LogP contribution < -0.4 is 5.32 Å². The number of nitrogens with one attached hydrogen (secondary N) is 1. The van der Waals surface area contributed by atoms with Gasteiger partial charge in [0, 0.05) is 30.0 Å². The second-order valence-electron chi connectivity index (χ2n) is 5.27. The van der Waals surface area contributed by atoms with Crippen LogP contribution in [0.1, 0.15) is 43.9 Å². The molecule has 0 aliphatic heterocycles. The summed E-state index contributed by atoms with van der Waals surface area (Å²) in [6, 6.07) is 7.07. The Hall–Kier alpha value is -1.32. The first-order valence-electron chi connectivity index (χ1n) is 7.47. The Balaban J connectivity index is 2.08. The van der Waals surface area contributed by atoms with E-state index < -0.39 is 0 Å². The largest absolute Gasteiger partial charge is 0.350 e. The van der Waals surface area contributed by atoms with Gasteiger partial charge in [0.2, 0.25) is 0 Å². The number of rotatable bonds is 7. The average molecular weight is 309 g/mol. The third-order valence-electron chi connectivity index (χ3n) is 3.59. The molecule has 1 atom stereocenters. The maximum Gasteiger partial charge on any atom is 0.124 e. The summed E-state index contributed by atoms with van der Waals surface area (Å²) in [6.07, 6.45) is 6.37. The van der Waals surface area contributed by atoms with E-state index in [0.717, 1.165) is 24.9 Å². The SMILES string of the molecule is CCCNC(CC)c1ccn(Cc2ccc(F)cc2Cl)c1. The molecule has 0 radical (unpaired) electrons. The van der Waals surface area contributed by atoms with E-state index in [4.69, 9.17) is 11.6 Å². The van der Waals surface area contributed by atoms with E-state index in [1.54, 1.807) is 6.07 Å². The molecule has 0 aliphatic rings. The van der Waals surface area contributed by atoms with Crippen molar-refractivity contribution in [2.24, 2.45) is 0 Å². The Labute approximate surface area is 130 Å². The Bertz CT molecular complexity index is 580. The van der Waals surface area contributed by atoms with Crippen LogP contribution in [0.2, 0.25) is 5.02 Å². The minimum Gasteiger partial charge on any atom is -0.350 e. The molecule has 0 saturated carbocycles. The van der Waals surface area contributed by atoms with Gasteiger partial charge in [-0.1, -0.05) is 31.5 Å². The van der Waals surface area contributed by atoms with Crippen LogP contribution in [0.4, 0.5) is 4.39 Å². The zero-order valence-corrected chi connectivity index (χ0v) is 13.3. The molecule has 1 heterocycles. The summed E-state index contributed by atoms with van der Waals surface area (Å²) >= 11 is 6.08. The lowest BCUT2D eigenvalue weighted by molar-refractivity contribution is 0.517. The Morgan fingerprint density at radius 1 is 1.29 bits per heavy atom. The number of benzene rings is 1. The summed E-state index contributed by atoms with van der Waals surface area (Å²) in [6.45, 7) is 6.03. The maximum atomic E-state index is 13.1. The van der Waals surface area contributed by atoms with E-state index in [-0.39, 0.29) is 5.82 Å². The lowest BCUT2D eigenvalue weighted by Gasteiger charge is -2.15. The van der Waals surface area contributed by atoms with E-state index in [0.29, 0.717) is 17.6 Å². The molecule has 2 aromatic rings. The van der Waals surface area contributed by atoms with Gasteiger partial charge in [-0.2, -0.15) is 0 Å². The highest BCUT2D eigenvalue weighted by Gasteiger charge is 2.10. The number of hydrogen-bond donors (Lipinski definition) is 1. The molecule has 1 N–H and O–H groups in total. The highest BCUT2D eigenvalue weighted by atomic mass is 35.5. The van der Waals surface area contributed by atoms with Crippen molar-refractivity contribution in [3.63, 3.8) is 0 Å². The summed E-state index contributed by atoms with van der Waals surface area (Å²) in [5.41, 5.74) is 2.21. The van der Waals surface area contributed by atoms with Gasteiger partial charge in [-0.05, 0) is 48.7 Å². The quantitative estimate of drug-likeness (QED) is 0.779. The van der Waals surface area contributed by atoms with Crippen LogP contribution in [0, 0.1) is 5.82 Å². The molecule has 2 rings (SSSR count). The second kappa shape index (κ2) is 7.62. The first kappa shape index (κ1) is 16.1. The molecule has 1 unspecified atom stereocenters. The molecule has 1 aromatic heterocycles. The van der Waals surface area contributed by atoms with Crippen LogP contribution in [0.25, 0.3) is 0 Å². The molecule has 0 amide bonds. The summed E-state index contributed by atoms with van der Waals surface area (Å²) in [4.78, 5) is 0. The minimum atomic E-state index is -0.299. The molecule has 2 nitrogen and oxygen atoms in total. The molecule has 0 bridgehead atoms. The van der Waals surface area contributed by atoms with Gasteiger partial charge >= 0.3 is 0 Å². The van der Waals surface area contributed by atoms with Gasteiger partial charge < -0.3 is 9.88 Å². The van der Waals surface area contributed by atoms with Gasteiger partial charge in [0.05, 0.1) is 0 Å². The number of halogens is 2. The smallest absolute Gasteiger partial charge is 0.124 e. The zero-order valence-electron chi connectivity index (χ0n) is 12.6. The maximum absolute atomic E-state index is 13.1. The van der Waals surface area contributed by atoms with Crippen LogP contribution in [0.3, 0.4) is 0 Å². The predicted octanol–water partition coefficient (Wildman–Crippen LogP) is 4.78. The summed E-state index contributed by atoms with van der Waals surface area (Å²) in [5, 5.41) is 4.02. The summed E-state index contributed by atoms with van der Waals surface area (Å²) in [7, 11) is 0. The van der Waals surface area contributed by atoms with E-state index in [1.165, 1.54) is 17.7 Å². The topological polar surface area (TPSA) is 17.0 Å². The molecule has 0 fully saturated rings. The van der Waals surface area contributed by atoms with E-state index >= 15 is 0 Å². The summed E-state index contributed by atoms with van der Waals surface area (Å²) in [5.74, 6) is -0.299. The number of nitrogens with zero attached hydrogens (tertiary/aromatic N) is 1. The molecule has 0 saturated heterocycles. The van der Waals surface area contributed by atoms with Crippen molar-refractivity contribution < 1.29 is 4.39 Å². The van der Waals surface area contributed by atoms with Crippen molar-refractivity contribution in [1.82, 2.24) is 9.88 Å². The molecule has 114 valence electrons. The lowest BCUT2D eigenvalue weighted by atomic mass is 10.1. The fraction of sp³-hybridized carbons (Fsp3) is 0.412. The Morgan fingerprint density at radius 2 is 2.10 bits per heavy atom. The zero-order chi connectivity index (χ0) is 15.2. The third-order valence-corrected chi connectivity index (χ3v) is 3.94.